The van der Waals surface area contributed by atoms with Gasteiger partial charge in [0.25, 0.3) is 0 Å². The molecule has 1 amide bonds. The SMILES string of the molecule is O=C([C@H]1CCC(F)(F)C1)N1CCC(n2cnc3cnc4[nH]ccc4c32)CC1. The van der Waals surface area contributed by atoms with Crippen molar-refractivity contribution in [2.45, 2.75) is 44.1 Å². The van der Waals surface area contributed by atoms with Crippen molar-refractivity contribution in [2.24, 2.45) is 5.92 Å². The third-order valence-corrected chi connectivity index (χ3v) is 6.04. The number of piperidine rings is 1. The zero-order chi connectivity index (χ0) is 18.6. The molecule has 6 nitrogen and oxygen atoms in total. The smallest absolute Gasteiger partial charge is 0.248 e. The molecule has 3 aromatic rings. The van der Waals surface area contributed by atoms with E-state index in [4.69, 9.17) is 0 Å². The number of imidazole rings is 1. The van der Waals surface area contributed by atoms with Gasteiger partial charge in [0.1, 0.15) is 11.2 Å². The quantitative estimate of drug-likeness (QED) is 0.747. The summed E-state index contributed by atoms with van der Waals surface area (Å²) in [5.41, 5.74) is 2.74. The van der Waals surface area contributed by atoms with Crippen LogP contribution in [0.2, 0.25) is 0 Å². The highest BCUT2D eigenvalue weighted by molar-refractivity contribution is 6.00. The minimum Gasteiger partial charge on any atom is -0.346 e. The lowest BCUT2D eigenvalue weighted by Gasteiger charge is -2.34. The standard InChI is InChI=1S/C19H21F2N5O/c20-19(21)5-1-12(9-19)18(27)25-7-3-13(4-8-25)26-11-24-15-10-23-17-14(16(15)26)2-6-22-17/h2,6,10-13H,1,3-5,7-9H2,(H,22,23)/t12-/m0/s1. The van der Waals surface area contributed by atoms with Crippen LogP contribution in [0.15, 0.2) is 24.8 Å². The maximum absolute atomic E-state index is 13.4. The molecule has 2 aliphatic rings. The minimum absolute atomic E-state index is 0.0988. The molecular weight excluding hydrogens is 352 g/mol. The van der Waals surface area contributed by atoms with E-state index in [1.54, 1.807) is 11.1 Å². The van der Waals surface area contributed by atoms with Crippen LogP contribution < -0.4 is 0 Å². The number of alkyl halides is 2. The number of carbonyl (C=O) groups is 1. The van der Waals surface area contributed by atoms with Crippen molar-refractivity contribution in [1.29, 1.82) is 0 Å². The zero-order valence-corrected chi connectivity index (χ0v) is 14.9. The predicted octanol–water partition coefficient (Wildman–Crippen LogP) is 3.51. The van der Waals surface area contributed by atoms with E-state index in [9.17, 15) is 13.6 Å². The molecule has 1 aliphatic heterocycles. The first kappa shape index (κ1) is 16.6. The molecule has 5 rings (SSSR count). The molecule has 0 radical (unpaired) electrons. The van der Waals surface area contributed by atoms with Crippen molar-refractivity contribution in [1.82, 2.24) is 24.4 Å². The first-order valence-electron chi connectivity index (χ1n) is 9.47. The Bertz CT molecular complexity index is 1000. The van der Waals surface area contributed by atoms with Crippen LogP contribution in [-0.4, -0.2) is 49.3 Å². The summed E-state index contributed by atoms with van der Waals surface area (Å²) >= 11 is 0. The van der Waals surface area contributed by atoms with Gasteiger partial charge in [-0.05, 0) is 25.3 Å². The normalized spacial score (nSPS) is 23.5. The zero-order valence-electron chi connectivity index (χ0n) is 14.9. The van der Waals surface area contributed by atoms with Crippen LogP contribution in [0.3, 0.4) is 0 Å². The van der Waals surface area contributed by atoms with Crippen LogP contribution in [0.5, 0.6) is 0 Å². The second-order valence-corrected chi connectivity index (χ2v) is 7.74. The topological polar surface area (TPSA) is 66.8 Å². The summed E-state index contributed by atoms with van der Waals surface area (Å²) in [6, 6.07) is 2.24. The number of H-pyrrole nitrogens is 1. The molecular formula is C19H21F2N5O. The highest BCUT2D eigenvalue weighted by Crippen LogP contribution is 2.40. The van der Waals surface area contributed by atoms with Gasteiger partial charge in [-0.1, -0.05) is 0 Å². The molecule has 2 fully saturated rings. The molecule has 142 valence electrons. The van der Waals surface area contributed by atoms with Crippen LogP contribution in [0.1, 0.15) is 38.1 Å². The van der Waals surface area contributed by atoms with Crippen LogP contribution >= 0.6 is 0 Å². The lowest BCUT2D eigenvalue weighted by Crippen LogP contribution is -2.41. The summed E-state index contributed by atoms with van der Waals surface area (Å²) in [5.74, 6) is -3.29. The van der Waals surface area contributed by atoms with Crippen molar-refractivity contribution < 1.29 is 13.6 Å². The Morgan fingerprint density at radius 2 is 2.04 bits per heavy atom. The van der Waals surface area contributed by atoms with Gasteiger partial charge in [-0.3, -0.25) is 4.79 Å². The van der Waals surface area contributed by atoms with E-state index in [1.807, 2.05) is 18.6 Å². The third kappa shape index (κ3) is 2.78. The number of fused-ring (bicyclic) bond motifs is 3. The number of pyridine rings is 1. The highest BCUT2D eigenvalue weighted by Gasteiger charge is 2.44. The molecule has 1 atom stereocenters. The fourth-order valence-corrected chi connectivity index (χ4v) is 4.59. The average Bonchev–Trinajstić information content (AvgIpc) is 3.37. The lowest BCUT2D eigenvalue weighted by atomic mass is 10.0. The Kier molecular flexibility index (Phi) is 3.70. The number of nitrogens with zero attached hydrogens (tertiary/aromatic N) is 4. The Morgan fingerprint density at radius 3 is 2.78 bits per heavy atom. The molecule has 3 aromatic heterocycles. The van der Waals surface area contributed by atoms with Gasteiger partial charge in [0, 0.05) is 49.5 Å². The fourth-order valence-electron chi connectivity index (χ4n) is 4.59. The summed E-state index contributed by atoms with van der Waals surface area (Å²) < 4.78 is 29.0. The summed E-state index contributed by atoms with van der Waals surface area (Å²) in [7, 11) is 0. The second-order valence-electron chi connectivity index (χ2n) is 7.74. The highest BCUT2D eigenvalue weighted by atomic mass is 19.3. The molecule has 0 bridgehead atoms. The third-order valence-electron chi connectivity index (χ3n) is 6.04. The van der Waals surface area contributed by atoms with E-state index in [-0.39, 0.29) is 24.8 Å². The van der Waals surface area contributed by atoms with Gasteiger partial charge in [-0.2, -0.15) is 0 Å². The van der Waals surface area contributed by atoms with E-state index in [2.05, 4.69) is 19.5 Å². The first-order valence-corrected chi connectivity index (χ1v) is 9.47. The molecule has 1 N–H and O–H groups in total. The molecule has 8 heteroatoms. The van der Waals surface area contributed by atoms with Crippen LogP contribution in [0, 0.1) is 5.92 Å². The van der Waals surface area contributed by atoms with Crippen molar-refractivity contribution >= 4 is 28.0 Å². The number of hydrogen-bond donors (Lipinski definition) is 1. The molecule has 4 heterocycles. The average molecular weight is 373 g/mol. The van der Waals surface area contributed by atoms with Crippen LogP contribution in [0.25, 0.3) is 22.1 Å². The number of rotatable bonds is 2. The monoisotopic (exact) mass is 373 g/mol. The minimum atomic E-state index is -2.68. The predicted molar refractivity (Wildman–Crippen MR) is 96.5 cm³/mol. The molecule has 1 saturated heterocycles. The van der Waals surface area contributed by atoms with E-state index in [0.29, 0.717) is 19.5 Å². The number of nitrogens with one attached hydrogen (secondary N) is 1. The van der Waals surface area contributed by atoms with E-state index < -0.39 is 11.8 Å². The van der Waals surface area contributed by atoms with Crippen LogP contribution in [-0.2, 0) is 4.79 Å². The van der Waals surface area contributed by atoms with Gasteiger partial charge in [-0.25, -0.2) is 18.7 Å². The molecule has 27 heavy (non-hydrogen) atoms. The van der Waals surface area contributed by atoms with Crippen LogP contribution in [0.4, 0.5) is 8.78 Å². The van der Waals surface area contributed by atoms with Gasteiger partial charge < -0.3 is 14.5 Å². The number of halogens is 2. The first-order chi connectivity index (χ1) is 13.0. The summed E-state index contributed by atoms with van der Waals surface area (Å²) in [5, 5.41) is 1.04. The van der Waals surface area contributed by atoms with Gasteiger partial charge in [0.15, 0.2) is 0 Å². The number of aromatic nitrogens is 4. The van der Waals surface area contributed by atoms with Crippen molar-refractivity contribution in [3.63, 3.8) is 0 Å². The number of carbonyl (C=O) groups excluding carboxylic acids is 1. The Hall–Kier alpha value is -2.51. The maximum Gasteiger partial charge on any atom is 0.248 e. The fraction of sp³-hybridized carbons (Fsp3) is 0.526. The summed E-state index contributed by atoms with van der Waals surface area (Å²) in [4.78, 5) is 26.3. The molecule has 0 spiro atoms. The van der Waals surface area contributed by atoms with Crippen molar-refractivity contribution in [3.05, 3.63) is 24.8 Å². The van der Waals surface area contributed by atoms with E-state index in [0.717, 1.165) is 34.9 Å². The maximum atomic E-state index is 13.4. The molecule has 1 saturated carbocycles. The Balaban J connectivity index is 1.33. The number of likely N-dealkylation sites (tertiary alicyclic amines) is 1. The van der Waals surface area contributed by atoms with Gasteiger partial charge >= 0.3 is 0 Å². The Labute approximate surface area is 154 Å². The second kappa shape index (κ2) is 6.00. The van der Waals surface area contributed by atoms with E-state index >= 15 is 0 Å². The van der Waals surface area contributed by atoms with Crippen molar-refractivity contribution in [3.8, 4) is 0 Å². The molecule has 0 unspecified atom stereocenters. The van der Waals surface area contributed by atoms with Gasteiger partial charge in [0.05, 0.1) is 18.0 Å². The molecule has 1 aliphatic carbocycles. The Morgan fingerprint density at radius 1 is 1.22 bits per heavy atom. The number of aromatic amines is 1. The molecule has 0 aromatic carbocycles. The summed E-state index contributed by atoms with van der Waals surface area (Å²) in [6.45, 7) is 1.21. The lowest BCUT2D eigenvalue weighted by molar-refractivity contribution is -0.137. The number of hydrogen-bond acceptors (Lipinski definition) is 3. The number of amides is 1. The van der Waals surface area contributed by atoms with E-state index in [1.165, 1.54) is 0 Å². The van der Waals surface area contributed by atoms with Gasteiger partial charge in [-0.15, -0.1) is 0 Å². The summed E-state index contributed by atoms with van der Waals surface area (Å²) in [6.07, 6.45) is 6.92. The van der Waals surface area contributed by atoms with Crippen molar-refractivity contribution in [2.75, 3.05) is 13.1 Å². The largest absolute Gasteiger partial charge is 0.346 e. The van der Waals surface area contributed by atoms with Gasteiger partial charge in [0.2, 0.25) is 11.8 Å².